The van der Waals surface area contributed by atoms with E-state index < -0.39 is 22.5 Å². The van der Waals surface area contributed by atoms with Gasteiger partial charge in [-0.15, -0.1) is 0 Å². The molecule has 0 spiro atoms. The number of hydrogen-bond acceptors (Lipinski definition) is 5. The Balaban J connectivity index is 1.92. The number of benzene rings is 1. The molecular weight excluding hydrogens is 434 g/mol. The zero-order valence-electron chi connectivity index (χ0n) is 13.1. The lowest BCUT2D eigenvalue weighted by Crippen LogP contribution is -2.36. The molecule has 0 saturated carbocycles. The van der Waals surface area contributed by atoms with E-state index in [9.17, 15) is 13.2 Å². The van der Waals surface area contributed by atoms with Crippen molar-refractivity contribution in [3.63, 3.8) is 0 Å². The van der Waals surface area contributed by atoms with Crippen LogP contribution in [-0.2, 0) is 21.4 Å². The molecule has 0 aliphatic carbocycles. The maximum absolute atomic E-state index is 12.2. The Labute approximate surface area is 158 Å². The molecule has 2 aromatic rings. The molecule has 1 aromatic heterocycles. The lowest BCUT2D eigenvalue weighted by Gasteiger charge is -2.09. The van der Waals surface area contributed by atoms with E-state index in [2.05, 4.69) is 31.0 Å². The highest BCUT2D eigenvalue weighted by Gasteiger charge is 2.19. The molecule has 0 aliphatic rings. The second-order valence-electron chi connectivity index (χ2n) is 4.88. The quantitative estimate of drug-likeness (QED) is 0.676. The van der Waals surface area contributed by atoms with E-state index in [1.165, 1.54) is 19.2 Å². The number of hydrogen-bond donors (Lipinski definition) is 2. The van der Waals surface area contributed by atoms with Crippen molar-refractivity contribution in [1.29, 1.82) is 0 Å². The monoisotopic (exact) mass is 447 g/mol. The summed E-state index contributed by atoms with van der Waals surface area (Å²) in [5, 5.41) is 2.67. The van der Waals surface area contributed by atoms with Crippen molar-refractivity contribution in [1.82, 2.24) is 15.0 Å². The summed E-state index contributed by atoms with van der Waals surface area (Å²) in [5.41, 5.74) is 0.777. The van der Waals surface area contributed by atoms with E-state index in [4.69, 9.17) is 16.3 Å². The first-order valence-corrected chi connectivity index (χ1v) is 9.67. The Hall–Kier alpha value is -1.68. The van der Waals surface area contributed by atoms with Gasteiger partial charge in [0.05, 0.1) is 18.7 Å². The van der Waals surface area contributed by atoms with Crippen LogP contribution in [0.15, 0.2) is 45.9 Å². The van der Waals surface area contributed by atoms with Gasteiger partial charge in [-0.05, 0) is 29.8 Å². The van der Waals surface area contributed by atoms with E-state index >= 15 is 0 Å². The van der Waals surface area contributed by atoms with Crippen molar-refractivity contribution >= 4 is 43.5 Å². The van der Waals surface area contributed by atoms with Crippen LogP contribution in [0.2, 0.25) is 5.02 Å². The number of halogens is 2. The Bertz CT molecular complexity index is 877. The molecule has 0 atom stereocenters. The summed E-state index contributed by atoms with van der Waals surface area (Å²) in [7, 11) is -2.40. The van der Waals surface area contributed by atoms with Gasteiger partial charge in [-0.3, -0.25) is 4.79 Å². The molecule has 1 aromatic carbocycles. The predicted molar refractivity (Wildman–Crippen MR) is 97.0 cm³/mol. The summed E-state index contributed by atoms with van der Waals surface area (Å²) in [6.45, 7) is -0.185. The summed E-state index contributed by atoms with van der Waals surface area (Å²) >= 11 is 9.13. The summed E-state index contributed by atoms with van der Waals surface area (Å²) in [6.07, 6.45) is 1.55. The number of rotatable bonds is 7. The summed E-state index contributed by atoms with van der Waals surface area (Å²) in [6, 6.07) is 7.76. The predicted octanol–water partition coefficient (Wildman–Crippen LogP) is 2.10. The highest BCUT2D eigenvalue weighted by Crippen LogP contribution is 2.24. The highest BCUT2D eigenvalue weighted by atomic mass is 79.9. The van der Waals surface area contributed by atoms with Crippen LogP contribution in [0.4, 0.5) is 0 Å². The van der Waals surface area contributed by atoms with Crippen LogP contribution < -0.4 is 14.8 Å². The third-order valence-corrected chi connectivity index (χ3v) is 5.48. The SMILES string of the molecule is COc1cc(CNC(=O)CNS(=O)(=O)c2ccc(Br)cc2Cl)ccn1. The van der Waals surface area contributed by atoms with Gasteiger partial charge in [0.2, 0.25) is 21.8 Å². The number of aromatic nitrogens is 1. The van der Waals surface area contributed by atoms with Gasteiger partial charge in [0.25, 0.3) is 0 Å². The average molecular weight is 449 g/mol. The van der Waals surface area contributed by atoms with Gasteiger partial charge in [-0.25, -0.2) is 18.1 Å². The first kappa shape index (κ1) is 19.6. The number of carbonyl (C=O) groups is 1. The number of amides is 1. The smallest absolute Gasteiger partial charge is 0.242 e. The average Bonchev–Trinajstić information content (AvgIpc) is 2.58. The first-order valence-electron chi connectivity index (χ1n) is 7.02. The number of ether oxygens (including phenoxy) is 1. The largest absolute Gasteiger partial charge is 0.481 e. The van der Waals surface area contributed by atoms with Gasteiger partial charge in [-0.2, -0.15) is 0 Å². The van der Waals surface area contributed by atoms with Gasteiger partial charge in [0, 0.05) is 23.3 Å². The number of sulfonamides is 1. The molecule has 1 amide bonds. The minimum Gasteiger partial charge on any atom is -0.481 e. The molecular formula is C15H15BrClN3O4S. The minimum absolute atomic E-state index is 0.0613. The van der Waals surface area contributed by atoms with E-state index in [0.717, 1.165) is 5.56 Å². The molecule has 25 heavy (non-hydrogen) atoms. The highest BCUT2D eigenvalue weighted by molar-refractivity contribution is 9.10. The van der Waals surface area contributed by atoms with Gasteiger partial charge in [0.1, 0.15) is 4.90 Å². The molecule has 0 radical (unpaired) electrons. The van der Waals surface area contributed by atoms with Crippen molar-refractivity contribution in [3.05, 3.63) is 51.6 Å². The molecule has 0 saturated heterocycles. The van der Waals surface area contributed by atoms with Crippen LogP contribution in [-0.4, -0.2) is 33.0 Å². The number of pyridine rings is 1. The van der Waals surface area contributed by atoms with Crippen molar-refractivity contribution < 1.29 is 17.9 Å². The van der Waals surface area contributed by atoms with Crippen LogP contribution in [0.5, 0.6) is 5.88 Å². The molecule has 134 valence electrons. The molecule has 2 N–H and O–H groups in total. The Morgan fingerprint density at radius 3 is 2.76 bits per heavy atom. The zero-order valence-corrected chi connectivity index (χ0v) is 16.3. The van der Waals surface area contributed by atoms with Crippen molar-refractivity contribution in [3.8, 4) is 5.88 Å². The van der Waals surface area contributed by atoms with Gasteiger partial charge in [-0.1, -0.05) is 27.5 Å². The van der Waals surface area contributed by atoms with Crippen LogP contribution in [0.25, 0.3) is 0 Å². The second-order valence-corrected chi connectivity index (χ2v) is 7.94. The van der Waals surface area contributed by atoms with Gasteiger partial charge >= 0.3 is 0 Å². The molecule has 7 nitrogen and oxygen atoms in total. The van der Waals surface area contributed by atoms with Gasteiger partial charge < -0.3 is 10.1 Å². The Morgan fingerprint density at radius 2 is 2.08 bits per heavy atom. The fraction of sp³-hybridized carbons (Fsp3) is 0.200. The summed E-state index contributed by atoms with van der Waals surface area (Å²) in [5.74, 6) is -0.0510. The van der Waals surface area contributed by atoms with Gasteiger partial charge in [0.15, 0.2) is 0 Å². The Kier molecular flexibility index (Phi) is 6.77. The molecule has 0 bridgehead atoms. The topological polar surface area (TPSA) is 97.4 Å². The maximum Gasteiger partial charge on any atom is 0.242 e. The van der Waals surface area contributed by atoms with Crippen molar-refractivity contribution in [2.24, 2.45) is 0 Å². The lowest BCUT2D eigenvalue weighted by atomic mass is 10.2. The fourth-order valence-corrected chi connectivity index (χ4v) is 3.88. The van der Waals surface area contributed by atoms with E-state index in [0.29, 0.717) is 10.4 Å². The number of methoxy groups -OCH3 is 1. The molecule has 0 fully saturated rings. The Morgan fingerprint density at radius 1 is 1.32 bits per heavy atom. The molecule has 10 heteroatoms. The normalized spacial score (nSPS) is 11.2. The first-order chi connectivity index (χ1) is 11.8. The standard InChI is InChI=1S/C15H15BrClN3O4S/c1-24-15-6-10(4-5-18-15)8-19-14(21)9-20-25(22,23)13-3-2-11(16)7-12(13)17/h2-7,20H,8-9H2,1H3,(H,19,21). The molecule has 1 heterocycles. The number of nitrogens with zero attached hydrogens (tertiary/aromatic N) is 1. The van der Waals surface area contributed by atoms with E-state index in [1.54, 1.807) is 24.4 Å². The maximum atomic E-state index is 12.2. The summed E-state index contributed by atoms with van der Waals surface area (Å²) in [4.78, 5) is 15.7. The van der Waals surface area contributed by atoms with Crippen molar-refractivity contribution in [2.75, 3.05) is 13.7 Å². The van der Waals surface area contributed by atoms with Crippen LogP contribution in [0, 0.1) is 0 Å². The third kappa shape index (κ3) is 5.67. The van der Waals surface area contributed by atoms with Crippen LogP contribution in [0.1, 0.15) is 5.56 Å². The van der Waals surface area contributed by atoms with Crippen LogP contribution in [0.3, 0.4) is 0 Å². The molecule has 0 aliphatic heterocycles. The van der Waals surface area contributed by atoms with Crippen LogP contribution >= 0.6 is 27.5 Å². The minimum atomic E-state index is -3.89. The molecule has 2 rings (SSSR count). The van der Waals surface area contributed by atoms with E-state index in [1.807, 2.05) is 0 Å². The number of carbonyl (C=O) groups excluding carboxylic acids is 1. The van der Waals surface area contributed by atoms with E-state index in [-0.39, 0.29) is 16.5 Å². The molecule has 0 unspecified atom stereocenters. The second kappa shape index (κ2) is 8.61. The number of nitrogens with one attached hydrogen (secondary N) is 2. The fourth-order valence-electron chi connectivity index (χ4n) is 1.87. The van der Waals surface area contributed by atoms with Crippen molar-refractivity contribution in [2.45, 2.75) is 11.4 Å². The lowest BCUT2D eigenvalue weighted by molar-refractivity contribution is -0.120. The summed E-state index contributed by atoms with van der Waals surface area (Å²) < 4.78 is 32.3. The zero-order chi connectivity index (χ0) is 18.4. The third-order valence-electron chi connectivity index (χ3n) is 3.10.